The fourth-order valence-electron chi connectivity index (χ4n) is 2.25. The van der Waals surface area contributed by atoms with Gasteiger partial charge in [0.25, 0.3) is 0 Å². The minimum atomic E-state index is -0.926. The van der Waals surface area contributed by atoms with Crippen LogP contribution in [0.15, 0.2) is 60.3 Å². The summed E-state index contributed by atoms with van der Waals surface area (Å²) in [6, 6.07) is 0. The monoisotopic (exact) mass is 406 g/mol. The van der Waals surface area contributed by atoms with Crippen molar-refractivity contribution in [3.05, 3.63) is 60.3 Å². The van der Waals surface area contributed by atoms with Crippen molar-refractivity contribution in [1.82, 2.24) is 0 Å². The molecule has 0 aromatic rings. The second kappa shape index (κ2) is 14.5. The maximum Gasteiger partial charge on any atom is 0.330 e. The first kappa shape index (κ1) is 24.6. The lowest BCUT2D eigenvalue weighted by Gasteiger charge is -2.22. The van der Waals surface area contributed by atoms with E-state index in [9.17, 15) is 9.59 Å². The van der Waals surface area contributed by atoms with Gasteiger partial charge in [0.15, 0.2) is 6.29 Å². The Morgan fingerprint density at radius 2 is 1.48 bits per heavy atom. The van der Waals surface area contributed by atoms with Gasteiger partial charge in [-0.1, -0.05) is 54.7 Å². The van der Waals surface area contributed by atoms with Crippen LogP contribution in [-0.2, 0) is 28.5 Å². The first-order valence-electron chi connectivity index (χ1n) is 9.54. The van der Waals surface area contributed by atoms with Crippen LogP contribution in [-0.4, -0.2) is 55.4 Å². The van der Waals surface area contributed by atoms with E-state index in [1.54, 1.807) is 13.0 Å². The van der Waals surface area contributed by atoms with Gasteiger partial charge in [-0.2, -0.15) is 0 Å². The SMILES string of the molecule is CC(=CCC(OC1C=CC=C1)OC1C=CC=C1)C(=O)O.CCOCCOC(C)=O. The third-order valence-corrected chi connectivity index (χ3v) is 3.73. The Labute approximate surface area is 172 Å². The van der Waals surface area contributed by atoms with Gasteiger partial charge in [0.2, 0.25) is 0 Å². The number of esters is 1. The van der Waals surface area contributed by atoms with Crippen LogP contribution < -0.4 is 0 Å². The van der Waals surface area contributed by atoms with Gasteiger partial charge in [-0.3, -0.25) is 4.79 Å². The molecule has 29 heavy (non-hydrogen) atoms. The third-order valence-electron chi connectivity index (χ3n) is 3.73. The van der Waals surface area contributed by atoms with E-state index in [1.165, 1.54) is 6.92 Å². The highest BCUT2D eigenvalue weighted by molar-refractivity contribution is 5.85. The average molecular weight is 406 g/mol. The predicted octanol–water partition coefficient (Wildman–Crippen LogP) is 3.34. The van der Waals surface area contributed by atoms with Gasteiger partial charge >= 0.3 is 11.9 Å². The molecule has 7 nitrogen and oxygen atoms in total. The summed E-state index contributed by atoms with van der Waals surface area (Å²) in [6.45, 7) is 6.37. The summed E-state index contributed by atoms with van der Waals surface area (Å²) >= 11 is 0. The zero-order valence-corrected chi connectivity index (χ0v) is 17.2. The van der Waals surface area contributed by atoms with Crippen molar-refractivity contribution in [1.29, 1.82) is 0 Å². The van der Waals surface area contributed by atoms with Crippen LogP contribution in [0, 0.1) is 0 Å². The molecule has 0 aromatic heterocycles. The summed E-state index contributed by atoms with van der Waals surface area (Å²) in [5, 5.41) is 8.87. The molecule has 7 heteroatoms. The van der Waals surface area contributed by atoms with Crippen LogP contribution in [0.1, 0.15) is 27.2 Å². The van der Waals surface area contributed by atoms with Gasteiger partial charge in [-0.25, -0.2) is 4.79 Å². The molecular weight excluding hydrogens is 376 g/mol. The van der Waals surface area contributed by atoms with Gasteiger partial charge in [-0.05, 0) is 13.8 Å². The van der Waals surface area contributed by atoms with Crippen LogP contribution in [0.3, 0.4) is 0 Å². The summed E-state index contributed by atoms with van der Waals surface area (Å²) in [7, 11) is 0. The maximum absolute atomic E-state index is 10.8. The molecule has 2 aliphatic carbocycles. The molecule has 0 aromatic carbocycles. The number of carbonyl (C=O) groups excluding carboxylic acids is 1. The minimum absolute atomic E-state index is 0.118. The van der Waals surface area contributed by atoms with E-state index in [1.807, 2.05) is 55.5 Å². The van der Waals surface area contributed by atoms with E-state index in [2.05, 4.69) is 4.74 Å². The summed E-state index contributed by atoms with van der Waals surface area (Å²) in [5.41, 5.74) is 0.289. The van der Waals surface area contributed by atoms with E-state index in [0.29, 0.717) is 26.2 Å². The fourth-order valence-corrected chi connectivity index (χ4v) is 2.25. The molecule has 0 unspecified atom stereocenters. The summed E-state index contributed by atoms with van der Waals surface area (Å²) < 4.78 is 21.1. The second-order valence-corrected chi connectivity index (χ2v) is 6.14. The molecule has 0 spiro atoms. The molecule has 0 saturated carbocycles. The highest BCUT2D eigenvalue weighted by Gasteiger charge is 2.18. The van der Waals surface area contributed by atoms with Crippen LogP contribution in [0.25, 0.3) is 0 Å². The third kappa shape index (κ3) is 11.8. The normalized spacial score (nSPS) is 15.8. The van der Waals surface area contributed by atoms with Crippen molar-refractivity contribution >= 4 is 11.9 Å². The number of hydrogen-bond acceptors (Lipinski definition) is 6. The molecule has 0 atom stereocenters. The molecule has 2 rings (SSSR count). The van der Waals surface area contributed by atoms with Gasteiger partial charge < -0.3 is 24.1 Å². The number of carbonyl (C=O) groups is 2. The minimum Gasteiger partial charge on any atom is -0.478 e. The average Bonchev–Trinajstić information content (AvgIpc) is 3.37. The number of hydrogen-bond donors (Lipinski definition) is 1. The lowest BCUT2D eigenvalue weighted by Crippen LogP contribution is -2.25. The van der Waals surface area contributed by atoms with Crippen LogP contribution >= 0.6 is 0 Å². The molecule has 1 N–H and O–H groups in total. The Bertz CT molecular complexity index is 604. The molecule has 0 radical (unpaired) electrons. The first-order chi connectivity index (χ1) is 13.9. The number of carboxylic acids is 1. The first-order valence-corrected chi connectivity index (χ1v) is 9.54. The Morgan fingerprint density at radius 1 is 0.966 bits per heavy atom. The molecular formula is C22H30O7. The van der Waals surface area contributed by atoms with Crippen LogP contribution in [0.5, 0.6) is 0 Å². The van der Waals surface area contributed by atoms with Gasteiger partial charge in [0, 0.05) is 25.5 Å². The van der Waals surface area contributed by atoms with Crippen molar-refractivity contribution in [3.8, 4) is 0 Å². The van der Waals surface area contributed by atoms with Crippen molar-refractivity contribution in [2.75, 3.05) is 19.8 Å². The molecule has 160 valence electrons. The summed E-state index contributed by atoms with van der Waals surface area (Å²) in [5.74, 6) is -1.18. The number of ether oxygens (including phenoxy) is 4. The van der Waals surface area contributed by atoms with Crippen LogP contribution in [0.4, 0.5) is 0 Å². The van der Waals surface area contributed by atoms with Gasteiger partial charge in [0.1, 0.15) is 6.61 Å². The number of aliphatic carboxylic acids is 1. The molecule has 2 aliphatic rings. The lowest BCUT2D eigenvalue weighted by molar-refractivity contribution is -0.155. The quantitative estimate of drug-likeness (QED) is 0.243. The Kier molecular flexibility index (Phi) is 12.3. The molecule has 0 bridgehead atoms. The highest BCUT2D eigenvalue weighted by Crippen LogP contribution is 2.17. The largest absolute Gasteiger partial charge is 0.478 e. The molecule has 0 amide bonds. The van der Waals surface area contributed by atoms with E-state index in [-0.39, 0.29) is 23.8 Å². The molecule has 0 fully saturated rings. The Balaban J connectivity index is 0.000000396. The van der Waals surface area contributed by atoms with Crippen molar-refractivity contribution in [2.45, 2.75) is 45.7 Å². The predicted molar refractivity (Wildman–Crippen MR) is 109 cm³/mol. The number of allylic oxidation sites excluding steroid dienone is 4. The zero-order chi connectivity index (χ0) is 21.5. The standard InChI is InChI=1S/C16H18O4.C6H12O3/c1-12(16(17)18)10-11-15(19-13-6-2-3-7-13)20-14-8-4-5-9-14;1-3-8-4-5-9-6(2)7/h2-10,13-15H,11H2,1H3,(H,17,18);3-5H2,1-2H3. The van der Waals surface area contributed by atoms with E-state index in [0.717, 1.165) is 0 Å². The topological polar surface area (TPSA) is 91.3 Å². The Morgan fingerprint density at radius 3 is 1.90 bits per heavy atom. The van der Waals surface area contributed by atoms with E-state index in [4.69, 9.17) is 19.3 Å². The fraction of sp³-hybridized carbons (Fsp3) is 0.455. The van der Waals surface area contributed by atoms with Crippen molar-refractivity contribution in [3.63, 3.8) is 0 Å². The van der Waals surface area contributed by atoms with E-state index < -0.39 is 12.3 Å². The maximum atomic E-state index is 10.8. The lowest BCUT2D eigenvalue weighted by atomic mass is 10.2. The second-order valence-electron chi connectivity index (χ2n) is 6.14. The Hall–Kier alpha value is -2.48. The highest BCUT2D eigenvalue weighted by atomic mass is 16.7. The van der Waals surface area contributed by atoms with E-state index >= 15 is 0 Å². The molecule has 0 aliphatic heterocycles. The summed E-state index contributed by atoms with van der Waals surface area (Å²) in [4.78, 5) is 20.9. The number of carboxylic acid groups (broad SMARTS) is 1. The molecule has 0 heterocycles. The number of rotatable bonds is 11. The van der Waals surface area contributed by atoms with Gasteiger partial charge in [0.05, 0.1) is 18.8 Å². The molecule has 0 saturated heterocycles. The van der Waals surface area contributed by atoms with Crippen molar-refractivity contribution < 1.29 is 33.6 Å². The summed E-state index contributed by atoms with van der Waals surface area (Å²) in [6.07, 6.45) is 16.6. The van der Waals surface area contributed by atoms with Crippen molar-refractivity contribution in [2.24, 2.45) is 0 Å². The van der Waals surface area contributed by atoms with Crippen LogP contribution in [0.2, 0.25) is 0 Å². The van der Waals surface area contributed by atoms with Gasteiger partial charge in [-0.15, -0.1) is 0 Å². The smallest absolute Gasteiger partial charge is 0.330 e. The zero-order valence-electron chi connectivity index (χ0n) is 17.2.